The second-order valence-corrected chi connectivity index (χ2v) is 7.76. The third-order valence-electron chi connectivity index (χ3n) is 4.06. The summed E-state index contributed by atoms with van der Waals surface area (Å²) in [6.07, 6.45) is 1.04. The number of thiazole rings is 1. The Morgan fingerprint density at radius 2 is 2.14 bits per heavy atom. The Hall–Kier alpha value is -1.39. The lowest BCUT2D eigenvalue weighted by atomic mass is 9.93. The lowest BCUT2D eigenvalue weighted by Gasteiger charge is -2.28. The fourth-order valence-corrected chi connectivity index (χ4v) is 3.81. The fraction of sp³-hybridized carbons (Fsp3) is 0.471. The molecule has 21 heavy (non-hydrogen) atoms. The summed E-state index contributed by atoms with van der Waals surface area (Å²) in [6.45, 7) is 9.62. The molecule has 2 N–H and O–H groups in total. The summed E-state index contributed by atoms with van der Waals surface area (Å²) >= 11 is 1.78. The molecule has 1 aromatic heterocycles. The maximum absolute atomic E-state index is 6.06. The van der Waals surface area contributed by atoms with Gasteiger partial charge in [0.15, 0.2) is 0 Å². The molecular weight excluding hydrogens is 278 g/mol. The molecule has 0 aliphatic carbocycles. The van der Waals surface area contributed by atoms with Gasteiger partial charge in [0.2, 0.25) is 0 Å². The third-order valence-corrected chi connectivity index (χ3v) is 4.89. The van der Waals surface area contributed by atoms with Crippen molar-refractivity contribution in [2.24, 2.45) is 0 Å². The molecule has 4 heteroatoms. The monoisotopic (exact) mass is 301 g/mol. The number of benzene rings is 1. The van der Waals surface area contributed by atoms with Crippen molar-refractivity contribution >= 4 is 17.0 Å². The summed E-state index contributed by atoms with van der Waals surface area (Å²) in [5.74, 6) is 0. The van der Waals surface area contributed by atoms with Gasteiger partial charge in [-0.25, -0.2) is 4.98 Å². The summed E-state index contributed by atoms with van der Waals surface area (Å²) in [6, 6.07) is 6.25. The number of nitrogens with two attached hydrogens (primary N) is 1. The first-order valence-corrected chi connectivity index (χ1v) is 8.35. The van der Waals surface area contributed by atoms with Gasteiger partial charge in [-0.2, -0.15) is 0 Å². The Kier molecular flexibility index (Phi) is 3.76. The molecule has 3 rings (SSSR count). The Balaban J connectivity index is 1.71. The molecule has 1 aliphatic rings. The Labute approximate surface area is 130 Å². The van der Waals surface area contributed by atoms with Gasteiger partial charge < -0.3 is 5.73 Å². The maximum Gasteiger partial charge on any atom is 0.107 e. The average Bonchev–Trinajstić information content (AvgIpc) is 2.87. The summed E-state index contributed by atoms with van der Waals surface area (Å²) < 4.78 is 0. The molecule has 0 bridgehead atoms. The first-order valence-electron chi connectivity index (χ1n) is 7.47. The van der Waals surface area contributed by atoms with Crippen LogP contribution in [0.5, 0.6) is 0 Å². The molecule has 0 amide bonds. The van der Waals surface area contributed by atoms with Crippen LogP contribution in [0.25, 0.3) is 0 Å². The molecule has 1 aliphatic heterocycles. The van der Waals surface area contributed by atoms with Gasteiger partial charge in [-0.15, -0.1) is 11.3 Å². The number of hydrogen-bond acceptors (Lipinski definition) is 4. The molecule has 0 atom stereocenters. The van der Waals surface area contributed by atoms with E-state index in [0.29, 0.717) is 0 Å². The van der Waals surface area contributed by atoms with E-state index >= 15 is 0 Å². The Morgan fingerprint density at radius 1 is 1.33 bits per heavy atom. The first kappa shape index (κ1) is 14.5. The standard InChI is InChI=1S/C17H23N3S/c1-17(2,3)15-11-21-16(19-15)10-20-8-7-13-12(9-20)5-4-6-14(13)18/h4-6,11H,7-10,18H2,1-3H3. The number of rotatable bonds is 2. The van der Waals surface area contributed by atoms with Gasteiger partial charge in [-0.05, 0) is 23.6 Å². The molecule has 0 saturated heterocycles. The second kappa shape index (κ2) is 5.43. The van der Waals surface area contributed by atoms with E-state index in [2.05, 4.69) is 43.2 Å². The number of hydrogen-bond donors (Lipinski definition) is 1. The van der Waals surface area contributed by atoms with E-state index in [4.69, 9.17) is 10.7 Å². The smallest absolute Gasteiger partial charge is 0.107 e. The van der Waals surface area contributed by atoms with Gasteiger partial charge in [0, 0.05) is 29.6 Å². The molecule has 112 valence electrons. The van der Waals surface area contributed by atoms with Gasteiger partial charge >= 0.3 is 0 Å². The Morgan fingerprint density at radius 3 is 2.86 bits per heavy atom. The first-order chi connectivity index (χ1) is 9.93. The van der Waals surface area contributed by atoms with Crippen molar-refractivity contribution in [3.05, 3.63) is 45.4 Å². The highest BCUT2D eigenvalue weighted by Gasteiger charge is 2.21. The van der Waals surface area contributed by atoms with Crippen LogP contribution in [0.1, 0.15) is 42.6 Å². The fourth-order valence-electron chi connectivity index (χ4n) is 2.75. The molecule has 0 unspecified atom stereocenters. The molecule has 0 saturated carbocycles. The SMILES string of the molecule is CC(C)(C)c1csc(CN2CCc3c(N)cccc3C2)n1. The van der Waals surface area contributed by atoms with Crippen LogP contribution in [0.3, 0.4) is 0 Å². The van der Waals surface area contributed by atoms with Gasteiger partial charge in [-0.3, -0.25) is 4.90 Å². The molecule has 0 radical (unpaired) electrons. The highest BCUT2D eigenvalue weighted by molar-refractivity contribution is 7.09. The average molecular weight is 301 g/mol. The zero-order chi connectivity index (χ0) is 15.0. The molecule has 2 heterocycles. The normalized spacial score (nSPS) is 16.0. The van der Waals surface area contributed by atoms with E-state index in [0.717, 1.165) is 31.7 Å². The molecular formula is C17H23N3S. The minimum absolute atomic E-state index is 0.137. The second-order valence-electron chi connectivity index (χ2n) is 6.82. The van der Waals surface area contributed by atoms with Crippen molar-refractivity contribution in [3.8, 4) is 0 Å². The van der Waals surface area contributed by atoms with E-state index in [1.165, 1.54) is 21.8 Å². The predicted octanol–water partition coefficient (Wildman–Crippen LogP) is 3.58. The highest BCUT2D eigenvalue weighted by Crippen LogP contribution is 2.27. The highest BCUT2D eigenvalue weighted by atomic mass is 32.1. The van der Waals surface area contributed by atoms with Crippen LogP contribution in [-0.2, 0) is 24.9 Å². The van der Waals surface area contributed by atoms with Crippen molar-refractivity contribution in [1.82, 2.24) is 9.88 Å². The summed E-state index contributed by atoms with van der Waals surface area (Å²) in [4.78, 5) is 7.27. The summed E-state index contributed by atoms with van der Waals surface area (Å²) in [5, 5.41) is 3.41. The van der Waals surface area contributed by atoms with Crippen LogP contribution in [0.4, 0.5) is 5.69 Å². The van der Waals surface area contributed by atoms with Crippen LogP contribution in [-0.4, -0.2) is 16.4 Å². The molecule has 0 fully saturated rings. The Bertz CT molecular complexity index is 640. The van der Waals surface area contributed by atoms with Crippen molar-refractivity contribution < 1.29 is 0 Å². The van der Waals surface area contributed by atoms with Crippen LogP contribution in [0.2, 0.25) is 0 Å². The number of nitrogens with zero attached hydrogens (tertiary/aromatic N) is 2. The van der Waals surface area contributed by atoms with Crippen molar-refractivity contribution in [3.63, 3.8) is 0 Å². The molecule has 0 spiro atoms. The van der Waals surface area contributed by atoms with E-state index in [-0.39, 0.29) is 5.41 Å². The van der Waals surface area contributed by atoms with Crippen LogP contribution in [0, 0.1) is 0 Å². The van der Waals surface area contributed by atoms with Crippen LogP contribution < -0.4 is 5.73 Å². The van der Waals surface area contributed by atoms with Crippen molar-refractivity contribution in [1.29, 1.82) is 0 Å². The number of aromatic nitrogens is 1. The van der Waals surface area contributed by atoms with E-state index in [9.17, 15) is 0 Å². The molecule has 1 aromatic carbocycles. The summed E-state index contributed by atoms with van der Waals surface area (Å²) in [7, 11) is 0. The van der Waals surface area contributed by atoms with Crippen LogP contribution in [0.15, 0.2) is 23.6 Å². The van der Waals surface area contributed by atoms with E-state index < -0.39 is 0 Å². The largest absolute Gasteiger partial charge is 0.398 e. The number of fused-ring (bicyclic) bond motifs is 1. The van der Waals surface area contributed by atoms with Gasteiger partial charge in [0.1, 0.15) is 5.01 Å². The molecule has 2 aromatic rings. The quantitative estimate of drug-likeness (QED) is 0.862. The lowest BCUT2D eigenvalue weighted by molar-refractivity contribution is 0.245. The maximum atomic E-state index is 6.06. The van der Waals surface area contributed by atoms with Crippen LogP contribution >= 0.6 is 11.3 Å². The lowest BCUT2D eigenvalue weighted by Crippen LogP contribution is -2.30. The number of anilines is 1. The minimum Gasteiger partial charge on any atom is -0.398 e. The van der Waals surface area contributed by atoms with Gasteiger partial charge in [-0.1, -0.05) is 32.9 Å². The zero-order valence-electron chi connectivity index (χ0n) is 13.0. The topological polar surface area (TPSA) is 42.1 Å². The third kappa shape index (κ3) is 3.11. The zero-order valence-corrected chi connectivity index (χ0v) is 13.8. The van der Waals surface area contributed by atoms with Crippen molar-refractivity contribution in [2.45, 2.75) is 45.7 Å². The van der Waals surface area contributed by atoms with Gasteiger partial charge in [0.25, 0.3) is 0 Å². The van der Waals surface area contributed by atoms with E-state index in [1.54, 1.807) is 11.3 Å². The number of nitrogen functional groups attached to an aromatic ring is 1. The van der Waals surface area contributed by atoms with Crippen molar-refractivity contribution in [2.75, 3.05) is 12.3 Å². The predicted molar refractivity (Wildman–Crippen MR) is 89.5 cm³/mol. The summed E-state index contributed by atoms with van der Waals surface area (Å²) in [5.41, 5.74) is 11.0. The minimum atomic E-state index is 0.137. The van der Waals surface area contributed by atoms with E-state index in [1.807, 2.05) is 6.07 Å². The van der Waals surface area contributed by atoms with Gasteiger partial charge in [0.05, 0.1) is 12.2 Å². The molecule has 3 nitrogen and oxygen atoms in total.